The van der Waals surface area contributed by atoms with Gasteiger partial charge in [-0.25, -0.2) is 13.2 Å². The Balaban J connectivity index is 1.59. The molecule has 11 heteroatoms. The average molecular weight is 503 g/mol. The van der Waals surface area contributed by atoms with E-state index >= 15 is 0 Å². The van der Waals surface area contributed by atoms with Gasteiger partial charge in [0.15, 0.2) is 33.1 Å². The number of aromatic nitrogens is 4. The minimum Gasteiger partial charge on any atom is -0.327 e. The predicted octanol–water partition coefficient (Wildman–Crippen LogP) is 1.89. The molecule has 0 saturated carbocycles. The molecule has 1 aliphatic heterocycles. The normalized spacial score (nSPS) is 17.3. The number of nitrogens with zero attached hydrogens (tertiary/aromatic N) is 5. The lowest BCUT2D eigenvalue weighted by Crippen LogP contribution is -2.47. The van der Waals surface area contributed by atoms with Crippen LogP contribution in [-0.4, -0.2) is 52.3 Å². The molecule has 0 radical (unpaired) electrons. The summed E-state index contributed by atoms with van der Waals surface area (Å²) in [5.74, 6) is -4.12. The molecule has 6 nitrogen and oxygen atoms in total. The molecular weight excluding hydrogens is 477 g/mol. The summed E-state index contributed by atoms with van der Waals surface area (Å²) in [6.45, 7) is 3.99. The van der Waals surface area contributed by atoms with Crippen molar-refractivity contribution in [3.8, 4) is 11.3 Å². The van der Waals surface area contributed by atoms with E-state index in [9.17, 15) is 18.0 Å². The highest BCUT2D eigenvalue weighted by molar-refractivity contribution is 6.46. The fraction of sp³-hybridized carbons (Fsp3) is 0.308. The third-order valence-electron chi connectivity index (χ3n) is 7.33. The number of benzene rings is 2. The van der Waals surface area contributed by atoms with E-state index in [0.717, 1.165) is 34.4 Å². The lowest BCUT2D eigenvalue weighted by molar-refractivity contribution is 0.0513. The summed E-state index contributed by atoms with van der Waals surface area (Å²) in [7, 11) is 5.48. The van der Waals surface area contributed by atoms with Crippen LogP contribution in [0.15, 0.2) is 30.3 Å². The quantitative estimate of drug-likeness (QED) is 0.316. The van der Waals surface area contributed by atoms with Crippen molar-refractivity contribution in [2.75, 3.05) is 0 Å². The lowest BCUT2D eigenvalue weighted by Gasteiger charge is -2.41. The summed E-state index contributed by atoms with van der Waals surface area (Å²) in [6.07, 6.45) is 1.74. The summed E-state index contributed by atoms with van der Waals surface area (Å²) in [6, 6.07) is 6.86. The molecule has 0 saturated heterocycles. The highest BCUT2D eigenvalue weighted by atomic mass is 19.2. The smallest absolute Gasteiger partial charge is 0.254 e. The predicted molar refractivity (Wildman–Crippen MR) is 141 cm³/mol. The number of amides is 1. The Kier molecular flexibility index (Phi) is 6.33. The minimum absolute atomic E-state index is 0.127. The van der Waals surface area contributed by atoms with Crippen molar-refractivity contribution in [2.45, 2.75) is 45.2 Å². The number of halogens is 3. The largest absolute Gasteiger partial charge is 0.327 e. The van der Waals surface area contributed by atoms with E-state index in [0.29, 0.717) is 41.7 Å². The fourth-order valence-electron chi connectivity index (χ4n) is 5.38. The third-order valence-corrected chi connectivity index (χ3v) is 7.33. The van der Waals surface area contributed by atoms with Crippen LogP contribution >= 0.6 is 0 Å². The molecule has 37 heavy (non-hydrogen) atoms. The van der Waals surface area contributed by atoms with Crippen molar-refractivity contribution < 1.29 is 18.0 Å². The first kappa shape index (κ1) is 25.0. The van der Waals surface area contributed by atoms with Gasteiger partial charge >= 0.3 is 0 Å². The second-order valence-electron chi connectivity index (χ2n) is 9.59. The van der Waals surface area contributed by atoms with Crippen LogP contribution in [0.3, 0.4) is 0 Å². The summed E-state index contributed by atoms with van der Waals surface area (Å²) in [4.78, 5) is 25.0. The molecule has 0 spiro atoms. The topological polar surface area (TPSA) is 63.9 Å². The van der Waals surface area contributed by atoms with E-state index in [2.05, 4.69) is 15.1 Å². The molecule has 2 unspecified atom stereocenters. The zero-order valence-corrected chi connectivity index (χ0v) is 21.4. The summed E-state index contributed by atoms with van der Waals surface area (Å²) in [5.41, 5.74) is 5.83. The van der Waals surface area contributed by atoms with Crippen LogP contribution in [0, 0.1) is 17.5 Å². The highest BCUT2D eigenvalue weighted by Crippen LogP contribution is 2.41. The second-order valence-corrected chi connectivity index (χ2v) is 9.59. The summed E-state index contributed by atoms with van der Waals surface area (Å²) < 4.78 is 43.4. The van der Waals surface area contributed by atoms with Gasteiger partial charge < -0.3 is 4.90 Å². The van der Waals surface area contributed by atoms with Gasteiger partial charge in [0, 0.05) is 41.0 Å². The Labute approximate surface area is 214 Å². The number of aryl methyl sites for hydroxylation is 1. The Morgan fingerprint density at radius 1 is 1.00 bits per heavy atom. The van der Waals surface area contributed by atoms with Gasteiger partial charge in [0.2, 0.25) is 0 Å². The van der Waals surface area contributed by atoms with Crippen molar-refractivity contribution in [2.24, 2.45) is 7.05 Å². The van der Waals surface area contributed by atoms with Gasteiger partial charge in [-0.3, -0.25) is 19.4 Å². The molecule has 0 aliphatic carbocycles. The van der Waals surface area contributed by atoms with E-state index in [4.69, 9.17) is 0 Å². The van der Waals surface area contributed by atoms with Crippen molar-refractivity contribution >= 4 is 43.8 Å². The monoisotopic (exact) mass is 503 g/mol. The van der Waals surface area contributed by atoms with E-state index in [1.807, 2.05) is 40.5 Å². The summed E-state index contributed by atoms with van der Waals surface area (Å²) in [5, 5.41) is 4.69. The average Bonchev–Trinajstić information content (AvgIpc) is 3.21. The van der Waals surface area contributed by atoms with E-state index in [1.54, 1.807) is 23.9 Å². The molecule has 0 N–H and O–H groups in total. The minimum atomic E-state index is -1.50. The molecule has 2 aromatic heterocycles. The number of hydrogen-bond acceptors (Lipinski definition) is 4. The summed E-state index contributed by atoms with van der Waals surface area (Å²) >= 11 is 0. The SMILES string of the molecule is Bc1nc2ccc(C(=O)N3C(CC)Cc4c(nn(C)c4-c4cc(F)c(F)c(F)c4)C3CC)cc2nc1B. The Bertz CT molecular complexity index is 1530. The van der Waals surface area contributed by atoms with Crippen LogP contribution in [0.5, 0.6) is 0 Å². The van der Waals surface area contributed by atoms with Crippen molar-refractivity contribution in [1.29, 1.82) is 0 Å². The third kappa shape index (κ3) is 4.10. The van der Waals surface area contributed by atoms with Gasteiger partial charge in [-0.05, 0) is 49.6 Å². The fourth-order valence-corrected chi connectivity index (χ4v) is 5.38. The maximum Gasteiger partial charge on any atom is 0.254 e. The molecule has 2 aromatic carbocycles. The molecule has 4 aromatic rings. The first-order valence-corrected chi connectivity index (χ1v) is 12.4. The molecule has 3 heterocycles. The first-order valence-electron chi connectivity index (χ1n) is 12.4. The maximum absolute atomic E-state index is 14.1. The number of carbonyl (C=O) groups is 1. The zero-order chi connectivity index (χ0) is 26.6. The molecule has 1 aliphatic rings. The van der Waals surface area contributed by atoms with Crippen LogP contribution in [0.4, 0.5) is 13.2 Å². The van der Waals surface area contributed by atoms with Gasteiger partial charge in [0.25, 0.3) is 5.91 Å². The molecule has 188 valence electrons. The highest BCUT2D eigenvalue weighted by Gasteiger charge is 2.40. The zero-order valence-electron chi connectivity index (χ0n) is 21.4. The van der Waals surface area contributed by atoms with Gasteiger partial charge in [0.1, 0.15) is 0 Å². The number of hydrogen-bond donors (Lipinski definition) is 0. The van der Waals surface area contributed by atoms with Gasteiger partial charge in [0.05, 0.1) is 28.5 Å². The molecular formula is C26H26B2F3N5O. The van der Waals surface area contributed by atoms with Crippen LogP contribution in [-0.2, 0) is 13.5 Å². The van der Waals surface area contributed by atoms with Crippen molar-refractivity contribution in [1.82, 2.24) is 24.6 Å². The number of rotatable bonds is 4. The number of carbonyl (C=O) groups excluding carboxylic acids is 1. The van der Waals surface area contributed by atoms with Crippen molar-refractivity contribution in [3.63, 3.8) is 0 Å². The van der Waals surface area contributed by atoms with E-state index < -0.39 is 17.5 Å². The van der Waals surface area contributed by atoms with Gasteiger partial charge in [-0.15, -0.1) is 0 Å². The van der Waals surface area contributed by atoms with Crippen LogP contribution < -0.4 is 11.2 Å². The second kappa shape index (κ2) is 9.36. The lowest BCUT2D eigenvalue weighted by atomic mass is 9.87. The van der Waals surface area contributed by atoms with Gasteiger partial charge in [-0.2, -0.15) is 5.10 Å². The molecule has 5 rings (SSSR count). The van der Waals surface area contributed by atoms with Crippen LogP contribution in [0.1, 0.15) is 54.3 Å². The van der Waals surface area contributed by atoms with Crippen LogP contribution in [0.2, 0.25) is 0 Å². The maximum atomic E-state index is 14.1. The standard InChI is InChI=1S/C26H26B2F3N5O/c1-4-14-11-15-22(34-35(3)23(15)13-8-16(29)21(31)17(30)9-13)20(5-2)36(14)26(37)12-6-7-18-19(10-12)33-25(28)24(27)32-18/h6-10,14,20H,4-5,11,27-28H2,1-3H3. The molecule has 1 amide bonds. The Hall–Kier alpha value is -3.62. The molecule has 0 bridgehead atoms. The van der Waals surface area contributed by atoms with E-state index in [1.165, 1.54) is 0 Å². The van der Waals surface area contributed by atoms with Crippen LogP contribution in [0.25, 0.3) is 22.3 Å². The number of fused-ring (bicyclic) bond motifs is 2. The van der Waals surface area contributed by atoms with Crippen molar-refractivity contribution in [3.05, 3.63) is 64.6 Å². The molecule has 2 atom stereocenters. The Morgan fingerprint density at radius 2 is 1.65 bits per heavy atom. The van der Waals surface area contributed by atoms with E-state index in [-0.39, 0.29) is 23.6 Å². The van der Waals surface area contributed by atoms with Gasteiger partial charge in [-0.1, -0.05) is 13.8 Å². The molecule has 0 fully saturated rings. The first-order chi connectivity index (χ1) is 17.6. The Morgan fingerprint density at radius 3 is 2.27 bits per heavy atom.